The molecule has 16 heavy (non-hydrogen) atoms. The summed E-state index contributed by atoms with van der Waals surface area (Å²) in [4.78, 5) is 35.4. The van der Waals surface area contributed by atoms with Gasteiger partial charge < -0.3 is 10.2 Å². The molecule has 1 saturated heterocycles. The number of hydrogen-bond donors (Lipinski definition) is 3. The van der Waals surface area contributed by atoms with Crippen LogP contribution in [-0.4, -0.2) is 42.8 Å². The number of nitrogens with two attached hydrogens (primary N) is 1. The van der Waals surface area contributed by atoms with Crippen LogP contribution in [0.3, 0.4) is 0 Å². The molecule has 0 aromatic heterocycles. The highest BCUT2D eigenvalue weighted by atomic mass is 16.2. The summed E-state index contributed by atoms with van der Waals surface area (Å²) in [7, 11) is 1.55. The van der Waals surface area contributed by atoms with Crippen molar-refractivity contribution in [1.29, 1.82) is 0 Å². The first-order valence-electron chi connectivity index (χ1n) is 4.96. The lowest BCUT2D eigenvalue weighted by molar-refractivity contribution is -0.145. The van der Waals surface area contributed by atoms with Crippen molar-refractivity contribution in [3.8, 4) is 0 Å². The normalized spacial score (nSPS) is 24.1. The number of nitrogens with one attached hydrogen (secondary N) is 2. The van der Waals surface area contributed by atoms with Crippen LogP contribution in [0.2, 0.25) is 0 Å². The minimum atomic E-state index is -0.860. The summed E-state index contributed by atoms with van der Waals surface area (Å²) in [6.45, 7) is 2.38. The first kappa shape index (κ1) is 12.4. The van der Waals surface area contributed by atoms with E-state index in [0.29, 0.717) is 13.0 Å². The third kappa shape index (κ3) is 2.13. The molecule has 4 N–H and O–H groups in total. The standard InChI is InChI=1S/C9H16N4O3/c1-9(8(16)11-2)3-4-13(5-9)7(15)6(14)12-10/h3-5,10H2,1-2H3,(H,11,16)(H,12,14). The SMILES string of the molecule is CNC(=O)C1(C)CCN(C(=O)C(=O)NN)C1. The molecule has 3 amide bonds. The molecular formula is C9H16N4O3. The summed E-state index contributed by atoms with van der Waals surface area (Å²) in [6.07, 6.45) is 0.538. The summed E-state index contributed by atoms with van der Waals surface area (Å²) in [5.74, 6) is 3.18. The highest BCUT2D eigenvalue weighted by molar-refractivity contribution is 6.34. The summed E-state index contributed by atoms with van der Waals surface area (Å²) in [6, 6.07) is 0. The van der Waals surface area contributed by atoms with E-state index in [1.807, 2.05) is 0 Å². The Hall–Kier alpha value is -1.63. The van der Waals surface area contributed by atoms with Gasteiger partial charge in [0.15, 0.2) is 0 Å². The van der Waals surface area contributed by atoms with Gasteiger partial charge in [-0.05, 0) is 13.3 Å². The molecule has 0 saturated carbocycles. The third-order valence-electron chi connectivity index (χ3n) is 2.86. The topological polar surface area (TPSA) is 105 Å². The van der Waals surface area contributed by atoms with Crippen molar-refractivity contribution in [2.45, 2.75) is 13.3 Å². The fraction of sp³-hybridized carbons (Fsp3) is 0.667. The molecule has 1 fully saturated rings. The maximum Gasteiger partial charge on any atom is 0.323 e. The quantitative estimate of drug-likeness (QED) is 0.208. The number of amides is 3. The molecule has 0 bridgehead atoms. The molecule has 1 rings (SSSR count). The smallest absolute Gasteiger partial charge is 0.323 e. The van der Waals surface area contributed by atoms with Gasteiger partial charge in [-0.1, -0.05) is 0 Å². The Labute approximate surface area is 93.3 Å². The number of hydrogen-bond acceptors (Lipinski definition) is 4. The Morgan fingerprint density at radius 1 is 1.38 bits per heavy atom. The third-order valence-corrected chi connectivity index (χ3v) is 2.86. The van der Waals surface area contributed by atoms with Crippen LogP contribution in [0.1, 0.15) is 13.3 Å². The average molecular weight is 228 g/mol. The van der Waals surface area contributed by atoms with Gasteiger partial charge in [0, 0.05) is 20.1 Å². The number of hydrazine groups is 1. The molecule has 0 aromatic carbocycles. The van der Waals surface area contributed by atoms with Crippen LogP contribution in [0.25, 0.3) is 0 Å². The number of likely N-dealkylation sites (tertiary alicyclic amines) is 1. The van der Waals surface area contributed by atoms with Crippen LogP contribution in [0, 0.1) is 5.41 Å². The van der Waals surface area contributed by atoms with Crippen molar-refractivity contribution in [1.82, 2.24) is 15.6 Å². The molecule has 1 aliphatic heterocycles. The number of carbonyl (C=O) groups is 3. The highest BCUT2D eigenvalue weighted by Crippen LogP contribution is 2.29. The van der Waals surface area contributed by atoms with Gasteiger partial charge in [0.25, 0.3) is 0 Å². The van der Waals surface area contributed by atoms with Crippen molar-refractivity contribution < 1.29 is 14.4 Å². The summed E-state index contributed by atoms with van der Waals surface area (Å²) >= 11 is 0. The zero-order valence-electron chi connectivity index (χ0n) is 9.37. The lowest BCUT2D eigenvalue weighted by atomic mass is 9.89. The van der Waals surface area contributed by atoms with E-state index in [1.165, 1.54) is 4.90 Å². The Morgan fingerprint density at radius 3 is 2.50 bits per heavy atom. The van der Waals surface area contributed by atoms with Crippen molar-refractivity contribution in [3.05, 3.63) is 0 Å². The molecule has 7 heteroatoms. The van der Waals surface area contributed by atoms with Crippen LogP contribution in [0.5, 0.6) is 0 Å². The fourth-order valence-electron chi connectivity index (χ4n) is 1.83. The molecule has 7 nitrogen and oxygen atoms in total. The minimum Gasteiger partial charge on any atom is -0.359 e. The van der Waals surface area contributed by atoms with Crippen molar-refractivity contribution in [3.63, 3.8) is 0 Å². The second kappa shape index (κ2) is 4.48. The summed E-state index contributed by atoms with van der Waals surface area (Å²) in [5.41, 5.74) is 1.16. The molecule has 1 unspecified atom stereocenters. The summed E-state index contributed by atoms with van der Waals surface area (Å²) < 4.78 is 0. The maximum atomic E-state index is 11.6. The maximum absolute atomic E-state index is 11.6. The van der Waals surface area contributed by atoms with E-state index in [9.17, 15) is 14.4 Å². The van der Waals surface area contributed by atoms with Crippen LogP contribution in [0.15, 0.2) is 0 Å². The van der Waals surface area contributed by atoms with E-state index in [-0.39, 0.29) is 12.5 Å². The van der Waals surface area contributed by atoms with E-state index in [1.54, 1.807) is 19.4 Å². The average Bonchev–Trinajstić information content (AvgIpc) is 2.70. The molecule has 1 atom stereocenters. The molecule has 0 radical (unpaired) electrons. The van der Waals surface area contributed by atoms with Crippen LogP contribution in [-0.2, 0) is 14.4 Å². The van der Waals surface area contributed by atoms with Crippen molar-refractivity contribution >= 4 is 17.7 Å². The molecular weight excluding hydrogens is 212 g/mol. The van der Waals surface area contributed by atoms with E-state index in [2.05, 4.69) is 5.32 Å². The predicted octanol–water partition coefficient (Wildman–Crippen LogP) is -2.04. The number of nitrogens with zero attached hydrogens (tertiary/aromatic N) is 1. The lowest BCUT2D eigenvalue weighted by Gasteiger charge is -2.22. The Kier molecular flexibility index (Phi) is 3.48. The monoisotopic (exact) mass is 228 g/mol. The molecule has 1 heterocycles. The van der Waals surface area contributed by atoms with Gasteiger partial charge in [-0.3, -0.25) is 19.8 Å². The zero-order chi connectivity index (χ0) is 12.3. The van der Waals surface area contributed by atoms with Gasteiger partial charge in [-0.2, -0.15) is 0 Å². The Morgan fingerprint density at radius 2 is 2.00 bits per heavy atom. The van der Waals surface area contributed by atoms with E-state index in [0.717, 1.165) is 0 Å². The lowest BCUT2D eigenvalue weighted by Crippen LogP contribution is -2.46. The van der Waals surface area contributed by atoms with Gasteiger partial charge in [-0.15, -0.1) is 0 Å². The Bertz CT molecular complexity index is 331. The van der Waals surface area contributed by atoms with Crippen molar-refractivity contribution in [2.75, 3.05) is 20.1 Å². The van der Waals surface area contributed by atoms with Crippen molar-refractivity contribution in [2.24, 2.45) is 11.3 Å². The summed E-state index contributed by atoms with van der Waals surface area (Å²) in [5, 5.41) is 2.55. The van der Waals surface area contributed by atoms with Gasteiger partial charge in [-0.25, -0.2) is 5.84 Å². The van der Waals surface area contributed by atoms with E-state index in [4.69, 9.17) is 5.84 Å². The number of carbonyl (C=O) groups excluding carboxylic acids is 3. The second-order valence-corrected chi connectivity index (χ2v) is 4.09. The zero-order valence-corrected chi connectivity index (χ0v) is 9.37. The molecule has 0 aromatic rings. The van der Waals surface area contributed by atoms with Gasteiger partial charge >= 0.3 is 11.8 Å². The minimum absolute atomic E-state index is 0.129. The van der Waals surface area contributed by atoms with Crippen LogP contribution < -0.4 is 16.6 Å². The molecule has 0 aliphatic carbocycles. The van der Waals surface area contributed by atoms with Gasteiger partial charge in [0.2, 0.25) is 5.91 Å². The number of rotatable bonds is 1. The van der Waals surface area contributed by atoms with E-state index < -0.39 is 17.2 Å². The van der Waals surface area contributed by atoms with Gasteiger partial charge in [0.05, 0.1) is 5.41 Å². The molecule has 1 aliphatic rings. The predicted molar refractivity (Wildman–Crippen MR) is 55.7 cm³/mol. The van der Waals surface area contributed by atoms with Gasteiger partial charge in [0.1, 0.15) is 0 Å². The highest BCUT2D eigenvalue weighted by Gasteiger charge is 2.42. The largest absolute Gasteiger partial charge is 0.359 e. The van der Waals surface area contributed by atoms with Crippen LogP contribution in [0.4, 0.5) is 0 Å². The van der Waals surface area contributed by atoms with E-state index >= 15 is 0 Å². The first-order valence-corrected chi connectivity index (χ1v) is 4.96. The van der Waals surface area contributed by atoms with Crippen LogP contribution >= 0.6 is 0 Å². The fourth-order valence-corrected chi connectivity index (χ4v) is 1.83. The second-order valence-electron chi connectivity index (χ2n) is 4.09. The Balaban J connectivity index is 2.69. The first-order chi connectivity index (χ1) is 7.44. The molecule has 90 valence electrons. The molecule has 0 spiro atoms.